The number of ether oxygens (including phenoxy) is 1. The van der Waals surface area contributed by atoms with Crippen LogP contribution in [0, 0.1) is 0 Å². The number of hydrogen-bond donors (Lipinski definition) is 2. The number of nitrogens with one attached hydrogen (secondary N) is 1. The average molecular weight is 234 g/mol. The van der Waals surface area contributed by atoms with Crippen LogP contribution >= 0.6 is 0 Å². The summed E-state index contributed by atoms with van der Waals surface area (Å²) >= 11 is 0. The lowest BCUT2D eigenvalue weighted by Crippen LogP contribution is -2.27. The van der Waals surface area contributed by atoms with E-state index >= 15 is 0 Å². The second-order valence-electron chi connectivity index (χ2n) is 4.73. The summed E-state index contributed by atoms with van der Waals surface area (Å²) in [6.07, 6.45) is 3.45. The van der Waals surface area contributed by atoms with E-state index in [0.29, 0.717) is 18.7 Å². The van der Waals surface area contributed by atoms with Crippen LogP contribution in [0.5, 0.6) is 5.75 Å². The zero-order valence-corrected chi connectivity index (χ0v) is 10.5. The van der Waals surface area contributed by atoms with Gasteiger partial charge >= 0.3 is 0 Å². The third-order valence-corrected chi connectivity index (χ3v) is 3.28. The Labute approximate surface area is 103 Å². The third-order valence-electron chi connectivity index (χ3n) is 3.28. The van der Waals surface area contributed by atoms with E-state index in [1.165, 1.54) is 12.0 Å². The highest BCUT2D eigenvalue weighted by Crippen LogP contribution is 2.18. The summed E-state index contributed by atoms with van der Waals surface area (Å²) in [6.45, 7) is 3.62. The van der Waals surface area contributed by atoms with Gasteiger partial charge < -0.3 is 15.8 Å². The van der Waals surface area contributed by atoms with Crippen molar-refractivity contribution in [3.8, 4) is 5.75 Å². The SMILES string of the molecule is CCOc1cccc(CNC2CCC(N)C2)c1. The van der Waals surface area contributed by atoms with Crippen molar-refractivity contribution >= 4 is 0 Å². The van der Waals surface area contributed by atoms with Gasteiger partial charge in [0.2, 0.25) is 0 Å². The fourth-order valence-electron chi connectivity index (χ4n) is 2.38. The predicted octanol–water partition coefficient (Wildman–Crippen LogP) is 2.05. The third kappa shape index (κ3) is 3.72. The molecule has 1 fully saturated rings. The van der Waals surface area contributed by atoms with Gasteiger partial charge in [-0.05, 0) is 43.9 Å². The van der Waals surface area contributed by atoms with Gasteiger partial charge in [-0.1, -0.05) is 12.1 Å². The minimum Gasteiger partial charge on any atom is -0.494 e. The second-order valence-corrected chi connectivity index (χ2v) is 4.73. The van der Waals surface area contributed by atoms with Crippen LogP contribution in [0.15, 0.2) is 24.3 Å². The van der Waals surface area contributed by atoms with Gasteiger partial charge in [0, 0.05) is 18.6 Å². The van der Waals surface area contributed by atoms with Crippen molar-refractivity contribution in [2.75, 3.05) is 6.61 Å². The number of hydrogen-bond acceptors (Lipinski definition) is 3. The fourth-order valence-corrected chi connectivity index (χ4v) is 2.38. The van der Waals surface area contributed by atoms with Gasteiger partial charge in [-0.15, -0.1) is 0 Å². The molecule has 3 N–H and O–H groups in total. The maximum atomic E-state index is 5.90. The number of benzene rings is 1. The Morgan fingerprint density at radius 3 is 3.00 bits per heavy atom. The fraction of sp³-hybridized carbons (Fsp3) is 0.571. The van der Waals surface area contributed by atoms with Crippen LogP contribution in [0.1, 0.15) is 31.7 Å². The number of nitrogens with two attached hydrogens (primary N) is 1. The summed E-state index contributed by atoms with van der Waals surface area (Å²) in [5, 5.41) is 3.56. The molecular formula is C14H22N2O. The molecule has 2 rings (SSSR count). The number of rotatable bonds is 5. The molecule has 1 aliphatic rings. The molecule has 1 aromatic carbocycles. The van der Waals surface area contributed by atoms with Gasteiger partial charge in [-0.3, -0.25) is 0 Å². The first kappa shape index (κ1) is 12.4. The van der Waals surface area contributed by atoms with Gasteiger partial charge in [0.1, 0.15) is 5.75 Å². The lowest BCUT2D eigenvalue weighted by molar-refractivity contribution is 0.339. The van der Waals surface area contributed by atoms with Crippen molar-refractivity contribution in [3.63, 3.8) is 0 Å². The highest BCUT2D eigenvalue weighted by Gasteiger charge is 2.20. The Bertz CT molecular complexity index is 354. The summed E-state index contributed by atoms with van der Waals surface area (Å²) in [5.74, 6) is 0.954. The van der Waals surface area contributed by atoms with Crippen LogP contribution in [-0.4, -0.2) is 18.7 Å². The van der Waals surface area contributed by atoms with E-state index in [-0.39, 0.29) is 0 Å². The van der Waals surface area contributed by atoms with E-state index in [4.69, 9.17) is 10.5 Å². The van der Waals surface area contributed by atoms with Crippen molar-refractivity contribution in [1.82, 2.24) is 5.32 Å². The Balaban J connectivity index is 1.83. The van der Waals surface area contributed by atoms with E-state index in [0.717, 1.165) is 25.1 Å². The summed E-state index contributed by atoms with van der Waals surface area (Å²) in [4.78, 5) is 0. The zero-order valence-electron chi connectivity index (χ0n) is 10.5. The second kappa shape index (κ2) is 6.03. The van der Waals surface area contributed by atoms with Crippen molar-refractivity contribution in [2.24, 2.45) is 5.73 Å². The Hall–Kier alpha value is -1.06. The van der Waals surface area contributed by atoms with Crippen molar-refractivity contribution in [2.45, 2.75) is 44.8 Å². The highest BCUT2D eigenvalue weighted by atomic mass is 16.5. The van der Waals surface area contributed by atoms with Gasteiger partial charge in [-0.2, -0.15) is 0 Å². The molecule has 2 atom stereocenters. The minimum atomic E-state index is 0.391. The molecule has 17 heavy (non-hydrogen) atoms. The molecule has 0 saturated heterocycles. The summed E-state index contributed by atoms with van der Waals surface area (Å²) in [5.41, 5.74) is 7.17. The molecule has 0 amide bonds. The molecular weight excluding hydrogens is 212 g/mol. The normalized spacial score (nSPS) is 23.9. The molecule has 0 aromatic heterocycles. The maximum absolute atomic E-state index is 5.90. The molecule has 2 unspecified atom stereocenters. The van der Waals surface area contributed by atoms with E-state index in [2.05, 4.69) is 17.4 Å². The topological polar surface area (TPSA) is 47.3 Å². The first-order valence-corrected chi connectivity index (χ1v) is 6.48. The predicted molar refractivity (Wildman–Crippen MR) is 70.1 cm³/mol. The van der Waals surface area contributed by atoms with Crippen LogP contribution in [0.4, 0.5) is 0 Å². The molecule has 3 nitrogen and oxygen atoms in total. The Kier molecular flexibility index (Phi) is 4.40. The lowest BCUT2D eigenvalue weighted by Gasteiger charge is -2.13. The molecule has 0 spiro atoms. The standard InChI is InChI=1S/C14H22N2O/c1-2-17-14-5-3-4-11(8-14)10-16-13-7-6-12(15)9-13/h3-5,8,12-13,16H,2,6-7,9-10,15H2,1H3. The van der Waals surface area contributed by atoms with E-state index in [9.17, 15) is 0 Å². The lowest BCUT2D eigenvalue weighted by atomic mass is 10.2. The molecule has 1 aromatic rings. The first-order valence-electron chi connectivity index (χ1n) is 6.48. The summed E-state index contributed by atoms with van der Waals surface area (Å²) < 4.78 is 5.49. The minimum absolute atomic E-state index is 0.391. The van der Waals surface area contributed by atoms with Gasteiger partial charge in [0.15, 0.2) is 0 Å². The summed E-state index contributed by atoms with van der Waals surface area (Å²) in [6, 6.07) is 9.25. The molecule has 1 saturated carbocycles. The van der Waals surface area contributed by atoms with Crippen LogP contribution in [0.2, 0.25) is 0 Å². The average Bonchev–Trinajstić information content (AvgIpc) is 2.74. The van der Waals surface area contributed by atoms with Crippen molar-refractivity contribution in [1.29, 1.82) is 0 Å². The smallest absolute Gasteiger partial charge is 0.119 e. The molecule has 3 heteroatoms. The van der Waals surface area contributed by atoms with Crippen LogP contribution in [0.25, 0.3) is 0 Å². The Morgan fingerprint density at radius 1 is 1.41 bits per heavy atom. The van der Waals surface area contributed by atoms with Crippen molar-refractivity contribution < 1.29 is 4.74 Å². The van der Waals surface area contributed by atoms with E-state index in [1.54, 1.807) is 0 Å². The summed E-state index contributed by atoms with van der Waals surface area (Å²) in [7, 11) is 0. The van der Waals surface area contributed by atoms with Crippen LogP contribution in [-0.2, 0) is 6.54 Å². The zero-order chi connectivity index (χ0) is 12.1. The van der Waals surface area contributed by atoms with Gasteiger partial charge in [0.25, 0.3) is 0 Å². The quantitative estimate of drug-likeness (QED) is 0.819. The molecule has 0 radical (unpaired) electrons. The Morgan fingerprint density at radius 2 is 2.29 bits per heavy atom. The monoisotopic (exact) mass is 234 g/mol. The largest absolute Gasteiger partial charge is 0.494 e. The maximum Gasteiger partial charge on any atom is 0.119 e. The molecule has 0 heterocycles. The van der Waals surface area contributed by atoms with Gasteiger partial charge in [0.05, 0.1) is 6.61 Å². The molecule has 0 bridgehead atoms. The molecule has 0 aliphatic heterocycles. The highest BCUT2D eigenvalue weighted by molar-refractivity contribution is 5.28. The van der Waals surface area contributed by atoms with Crippen LogP contribution < -0.4 is 15.8 Å². The van der Waals surface area contributed by atoms with E-state index < -0.39 is 0 Å². The van der Waals surface area contributed by atoms with Crippen molar-refractivity contribution in [3.05, 3.63) is 29.8 Å². The van der Waals surface area contributed by atoms with E-state index in [1.807, 2.05) is 19.1 Å². The first-order chi connectivity index (χ1) is 8.28. The van der Waals surface area contributed by atoms with Gasteiger partial charge in [-0.25, -0.2) is 0 Å². The molecule has 1 aliphatic carbocycles. The van der Waals surface area contributed by atoms with Crippen LogP contribution in [0.3, 0.4) is 0 Å². The molecule has 94 valence electrons.